The molecule has 110 valence electrons. The van der Waals surface area contributed by atoms with E-state index in [1.54, 1.807) is 18.2 Å². The number of amides is 1. The number of benzene rings is 1. The number of nitrogens with zero attached hydrogens (tertiary/aromatic N) is 1. The maximum absolute atomic E-state index is 12.1. The van der Waals surface area contributed by atoms with Gasteiger partial charge in [0.1, 0.15) is 5.75 Å². The lowest BCUT2D eigenvalue weighted by molar-refractivity contribution is -0.134. The van der Waals surface area contributed by atoms with Gasteiger partial charge in [-0.3, -0.25) is 4.79 Å². The van der Waals surface area contributed by atoms with E-state index in [9.17, 15) is 4.79 Å². The first-order chi connectivity index (χ1) is 9.58. The molecule has 1 aromatic rings. The quantitative estimate of drug-likeness (QED) is 0.896. The first-order valence-electron chi connectivity index (χ1n) is 6.66. The molecule has 20 heavy (non-hydrogen) atoms. The van der Waals surface area contributed by atoms with Gasteiger partial charge in [-0.2, -0.15) is 0 Å². The molecule has 1 amide bonds. The number of rotatable bonds is 4. The van der Waals surface area contributed by atoms with Crippen molar-refractivity contribution in [3.8, 4) is 5.75 Å². The van der Waals surface area contributed by atoms with E-state index < -0.39 is 0 Å². The number of nitrogens with one attached hydrogen (secondary N) is 1. The van der Waals surface area contributed by atoms with Gasteiger partial charge < -0.3 is 15.0 Å². The standard InChI is InChI=1S/C14H18BrClN2O2/c1-10-9-17-5-6-18(10)14(19)4-7-20-13-3-2-11(16)8-12(13)15/h2-3,8,10,17H,4-7,9H2,1H3/t10-/m0/s1. The van der Waals surface area contributed by atoms with Gasteiger partial charge in [-0.05, 0) is 41.1 Å². The Hall–Kier alpha value is -0.780. The van der Waals surface area contributed by atoms with Crippen LogP contribution in [0.5, 0.6) is 5.75 Å². The number of hydrogen-bond donors (Lipinski definition) is 1. The summed E-state index contributed by atoms with van der Waals surface area (Å²) in [7, 11) is 0. The fourth-order valence-corrected chi connectivity index (χ4v) is 2.99. The van der Waals surface area contributed by atoms with Crippen LogP contribution in [-0.4, -0.2) is 43.1 Å². The van der Waals surface area contributed by atoms with Crippen molar-refractivity contribution in [2.45, 2.75) is 19.4 Å². The van der Waals surface area contributed by atoms with E-state index in [1.165, 1.54) is 0 Å². The zero-order valence-corrected chi connectivity index (χ0v) is 13.7. The molecule has 1 aliphatic heterocycles. The molecule has 1 saturated heterocycles. The zero-order chi connectivity index (χ0) is 14.5. The minimum Gasteiger partial charge on any atom is -0.492 e. The molecule has 0 spiro atoms. The second kappa shape index (κ2) is 7.29. The molecular weight excluding hydrogens is 344 g/mol. The van der Waals surface area contributed by atoms with Gasteiger partial charge in [0.2, 0.25) is 5.91 Å². The highest BCUT2D eigenvalue weighted by Gasteiger charge is 2.22. The summed E-state index contributed by atoms with van der Waals surface area (Å²) in [5.74, 6) is 0.847. The molecule has 0 aliphatic carbocycles. The lowest BCUT2D eigenvalue weighted by atomic mass is 10.2. The second-order valence-electron chi connectivity index (χ2n) is 4.81. The van der Waals surface area contributed by atoms with Crippen molar-refractivity contribution in [3.05, 3.63) is 27.7 Å². The maximum atomic E-state index is 12.1. The Kier molecular flexibility index (Phi) is 5.69. The summed E-state index contributed by atoms with van der Waals surface area (Å²) < 4.78 is 6.42. The van der Waals surface area contributed by atoms with Crippen LogP contribution in [0.15, 0.2) is 22.7 Å². The van der Waals surface area contributed by atoms with Gasteiger partial charge in [0, 0.05) is 30.7 Å². The van der Waals surface area contributed by atoms with Crippen molar-refractivity contribution in [2.75, 3.05) is 26.2 Å². The molecule has 0 saturated carbocycles. The van der Waals surface area contributed by atoms with Crippen LogP contribution in [0.2, 0.25) is 5.02 Å². The van der Waals surface area contributed by atoms with E-state index >= 15 is 0 Å². The summed E-state index contributed by atoms with van der Waals surface area (Å²) in [6.45, 7) is 4.91. The van der Waals surface area contributed by atoms with E-state index in [0.717, 1.165) is 24.1 Å². The Morgan fingerprint density at radius 2 is 2.40 bits per heavy atom. The monoisotopic (exact) mass is 360 g/mol. The number of hydrogen-bond acceptors (Lipinski definition) is 3. The average molecular weight is 362 g/mol. The van der Waals surface area contributed by atoms with Crippen LogP contribution in [-0.2, 0) is 4.79 Å². The number of carbonyl (C=O) groups excluding carboxylic acids is 1. The Morgan fingerprint density at radius 3 is 3.10 bits per heavy atom. The molecule has 4 nitrogen and oxygen atoms in total. The molecule has 6 heteroatoms. The van der Waals surface area contributed by atoms with Crippen LogP contribution in [0.4, 0.5) is 0 Å². The fraction of sp³-hybridized carbons (Fsp3) is 0.500. The van der Waals surface area contributed by atoms with Crippen molar-refractivity contribution in [1.29, 1.82) is 0 Å². The molecule has 1 atom stereocenters. The first kappa shape index (κ1) is 15.6. The van der Waals surface area contributed by atoms with E-state index in [4.69, 9.17) is 16.3 Å². The largest absolute Gasteiger partial charge is 0.492 e. The van der Waals surface area contributed by atoms with Crippen molar-refractivity contribution >= 4 is 33.4 Å². The summed E-state index contributed by atoms with van der Waals surface area (Å²) in [5, 5.41) is 3.92. The summed E-state index contributed by atoms with van der Waals surface area (Å²) in [6.07, 6.45) is 0.388. The summed E-state index contributed by atoms with van der Waals surface area (Å²) in [6, 6.07) is 5.59. The normalized spacial score (nSPS) is 18.9. The number of ether oxygens (including phenoxy) is 1. The third-order valence-corrected chi connectivity index (χ3v) is 4.14. The van der Waals surface area contributed by atoms with Crippen LogP contribution in [0.3, 0.4) is 0 Å². The van der Waals surface area contributed by atoms with E-state index in [0.29, 0.717) is 23.8 Å². The van der Waals surface area contributed by atoms with Crippen LogP contribution in [0.1, 0.15) is 13.3 Å². The molecule has 2 rings (SSSR count). The summed E-state index contributed by atoms with van der Waals surface area (Å²) in [4.78, 5) is 14.0. The first-order valence-corrected chi connectivity index (χ1v) is 7.83. The molecule has 0 aromatic heterocycles. The third kappa shape index (κ3) is 4.11. The summed E-state index contributed by atoms with van der Waals surface area (Å²) >= 11 is 9.25. The van der Waals surface area contributed by atoms with Gasteiger partial charge in [0.05, 0.1) is 17.5 Å². The predicted molar refractivity (Wildman–Crippen MR) is 83.3 cm³/mol. The van der Waals surface area contributed by atoms with Crippen LogP contribution >= 0.6 is 27.5 Å². The van der Waals surface area contributed by atoms with Crippen LogP contribution in [0, 0.1) is 0 Å². The Labute approximate surface area is 132 Å². The lowest BCUT2D eigenvalue weighted by Gasteiger charge is -2.34. The molecule has 1 fully saturated rings. The molecule has 0 radical (unpaired) electrons. The molecule has 1 heterocycles. The van der Waals surface area contributed by atoms with Gasteiger partial charge in [-0.25, -0.2) is 0 Å². The Balaban J connectivity index is 1.81. The molecule has 1 N–H and O–H groups in total. The van der Waals surface area contributed by atoms with Crippen LogP contribution < -0.4 is 10.1 Å². The van der Waals surface area contributed by atoms with E-state index in [2.05, 4.69) is 28.2 Å². The van der Waals surface area contributed by atoms with Crippen molar-refractivity contribution in [1.82, 2.24) is 10.2 Å². The zero-order valence-electron chi connectivity index (χ0n) is 11.4. The Bertz CT molecular complexity index is 484. The maximum Gasteiger partial charge on any atom is 0.226 e. The molecule has 0 bridgehead atoms. The third-order valence-electron chi connectivity index (χ3n) is 3.29. The molecule has 1 aliphatic rings. The lowest BCUT2D eigenvalue weighted by Crippen LogP contribution is -2.52. The SMILES string of the molecule is C[C@H]1CNCCN1C(=O)CCOc1ccc(Cl)cc1Br. The highest BCUT2D eigenvalue weighted by molar-refractivity contribution is 9.10. The van der Waals surface area contributed by atoms with Gasteiger partial charge in [-0.1, -0.05) is 11.6 Å². The number of carbonyl (C=O) groups is 1. The van der Waals surface area contributed by atoms with E-state index in [1.807, 2.05) is 4.90 Å². The summed E-state index contributed by atoms with van der Waals surface area (Å²) in [5.41, 5.74) is 0. The van der Waals surface area contributed by atoms with Crippen molar-refractivity contribution in [2.24, 2.45) is 0 Å². The highest BCUT2D eigenvalue weighted by atomic mass is 79.9. The van der Waals surface area contributed by atoms with Gasteiger partial charge in [0.15, 0.2) is 0 Å². The Morgan fingerprint density at radius 1 is 1.60 bits per heavy atom. The van der Waals surface area contributed by atoms with Crippen molar-refractivity contribution < 1.29 is 9.53 Å². The van der Waals surface area contributed by atoms with Gasteiger partial charge >= 0.3 is 0 Å². The smallest absolute Gasteiger partial charge is 0.226 e. The van der Waals surface area contributed by atoms with Gasteiger partial charge in [-0.15, -0.1) is 0 Å². The number of halogens is 2. The second-order valence-corrected chi connectivity index (χ2v) is 6.10. The molecule has 0 unspecified atom stereocenters. The minimum atomic E-state index is 0.143. The molecular formula is C14H18BrClN2O2. The highest BCUT2D eigenvalue weighted by Crippen LogP contribution is 2.28. The van der Waals surface area contributed by atoms with Crippen LogP contribution in [0.25, 0.3) is 0 Å². The van der Waals surface area contributed by atoms with Gasteiger partial charge in [0.25, 0.3) is 0 Å². The topological polar surface area (TPSA) is 41.6 Å². The average Bonchev–Trinajstić information content (AvgIpc) is 2.41. The molecule has 1 aromatic carbocycles. The number of piperazine rings is 1. The van der Waals surface area contributed by atoms with E-state index in [-0.39, 0.29) is 11.9 Å². The fourth-order valence-electron chi connectivity index (χ4n) is 2.20. The minimum absolute atomic E-state index is 0.143. The van der Waals surface area contributed by atoms with Crippen molar-refractivity contribution in [3.63, 3.8) is 0 Å². The predicted octanol–water partition coefficient (Wildman–Crippen LogP) is 2.69.